The Bertz CT molecular complexity index is 434. The smallest absolute Gasteiger partial charge is 0.138 e. The van der Waals surface area contributed by atoms with Crippen molar-refractivity contribution in [3.05, 3.63) is 22.9 Å². The second-order valence-electron chi connectivity index (χ2n) is 1.67. The van der Waals surface area contributed by atoms with Crippen molar-refractivity contribution in [1.82, 2.24) is 4.98 Å². The lowest BCUT2D eigenvalue weighted by Crippen LogP contribution is -1.94. The standard InChI is InChI=1S/C8H10BrNO/c1-2-3-11-8-4-7(9)5-10-6-8/h4-6H,2-3H2,1H3/i1D3,2D2,3D2. The Hall–Kier alpha value is -0.570. The van der Waals surface area contributed by atoms with Crippen LogP contribution < -0.4 is 4.74 Å². The summed E-state index contributed by atoms with van der Waals surface area (Å²) in [5.41, 5.74) is 0. The zero-order chi connectivity index (χ0) is 14.2. The molecule has 0 radical (unpaired) electrons. The predicted octanol–water partition coefficient (Wildman–Crippen LogP) is 2.63. The first-order valence-electron chi connectivity index (χ1n) is 6.27. The second kappa shape index (κ2) is 4.34. The fourth-order valence-electron chi connectivity index (χ4n) is 0.533. The summed E-state index contributed by atoms with van der Waals surface area (Å²) in [6.07, 6.45) is -0.554. The Morgan fingerprint density at radius 2 is 2.73 bits per heavy atom. The highest BCUT2D eigenvalue weighted by Gasteiger charge is 1.92. The van der Waals surface area contributed by atoms with Crippen molar-refractivity contribution >= 4 is 15.9 Å². The number of ether oxygens (including phenoxy) is 1. The van der Waals surface area contributed by atoms with Gasteiger partial charge >= 0.3 is 0 Å². The van der Waals surface area contributed by atoms with Crippen molar-refractivity contribution in [1.29, 1.82) is 0 Å². The molecule has 0 bridgehead atoms. The van der Waals surface area contributed by atoms with Crippen LogP contribution in [0.4, 0.5) is 0 Å². The molecule has 11 heavy (non-hydrogen) atoms. The van der Waals surface area contributed by atoms with Crippen LogP contribution in [0.1, 0.15) is 22.8 Å². The van der Waals surface area contributed by atoms with Gasteiger partial charge in [0.15, 0.2) is 0 Å². The molecule has 0 aliphatic rings. The maximum atomic E-state index is 7.46. The number of aromatic nitrogens is 1. The maximum Gasteiger partial charge on any atom is 0.138 e. The van der Waals surface area contributed by atoms with Gasteiger partial charge in [-0.2, -0.15) is 0 Å². The molecule has 1 rings (SSSR count). The molecule has 0 unspecified atom stereocenters. The van der Waals surface area contributed by atoms with E-state index in [-0.39, 0.29) is 5.75 Å². The normalized spacial score (nSPS) is 22.8. The van der Waals surface area contributed by atoms with E-state index in [2.05, 4.69) is 20.9 Å². The van der Waals surface area contributed by atoms with Crippen molar-refractivity contribution in [2.24, 2.45) is 0 Å². The number of rotatable bonds is 3. The second-order valence-corrected chi connectivity index (χ2v) is 2.58. The van der Waals surface area contributed by atoms with Crippen LogP contribution in [0.15, 0.2) is 22.9 Å². The number of pyridine rings is 1. The van der Waals surface area contributed by atoms with E-state index in [0.717, 1.165) is 6.20 Å². The van der Waals surface area contributed by atoms with Crippen molar-refractivity contribution in [3.8, 4) is 5.75 Å². The Labute approximate surface area is 84.6 Å². The first-order chi connectivity index (χ1) is 7.97. The molecule has 0 amide bonds. The van der Waals surface area contributed by atoms with Gasteiger partial charge in [0, 0.05) is 17.5 Å². The average molecular weight is 223 g/mol. The minimum Gasteiger partial charge on any atom is -0.492 e. The molecule has 60 valence electrons. The van der Waals surface area contributed by atoms with Gasteiger partial charge in [-0.1, -0.05) is 6.85 Å². The quantitative estimate of drug-likeness (QED) is 0.785. The first-order valence-corrected chi connectivity index (χ1v) is 3.56. The molecule has 0 saturated carbocycles. The van der Waals surface area contributed by atoms with Crippen LogP contribution in [-0.4, -0.2) is 11.5 Å². The highest BCUT2D eigenvalue weighted by molar-refractivity contribution is 9.10. The van der Waals surface area contributed by atoms with Gasteiger partial charge in [-0.05, 0) is 28.4 Å². The summed E-state index contributed by atoms with van der Waals surface area (Å²) in [5, 5.41) is 0. The average Bonchev–Trinajstić information content (AvgIpc) is 2.14. The summed E-state index contributed by atoms with van der Waals surface area (Å²) in [7, 11) is 0. The summed E-state index contributed by atoms with van der Waals surface area (Å²) in [6.45, 7) is -6.16. The van der Waals surface area contributed by atoms with Crippen LogP contribution in [0.5, 0.6) is 5.75 Å². The molecule has 0 saturated heterocycles. The Kier molecular flexibility index (Phi) is 1.20. The summed E-state index contributed by atoms with van der Waals surface area (Å²) < 4.78 is 55.9. The van der Waals surface area contributed by atoms with Gasteiger partial charge in [0.25, 0.3) is 0 Å². The number of hydrogen-bond acceptors (Lipinski definition) is 2. The molecule has 0 spiro atoms. The summed E-state index contributed by atoms with van der Waals surface area (Å²) >= 11 is 3.09. The van der Waals surface area contributed by atoms with Crippen LogP contribution >= 0.6 is 15.9 Å². The number of halogens is 1. The van der Waals surface area contributed by atoms with Crippen molar-refractivity contribution in [2.75, 3.05) is 6.56 Å². The lowest BCUT2D eigenvalue weighted by molar-refractivity contribution is 0.316. The van der Waals surface area contributed by atoms with Crippen molar-refractivity contribution < 1.29 is 14.3 Å². The molecule has 3 heteroatoms. The summed E-state index contributed by atoms with van der Waals surface area (Å²) in [5.74, 6) is -0.0671. The molecule has 0 aliphatic heterocycles. The van der Waals surface area contributed by atoms with Gasteiger partial charge in [0.05, 0.1) is 15.5 Å². The summed E-state index contributed by atoms with van der Waals surface area (Å²) in [4.78, 5) is 3.71. The van der Waals surface area contributed by atoms with Crippen LogP contribution in [0.3, 0.4) is 0 Å². The zero-order valence-corrected chi connectivity index (χ0v) is 7.05. The topological polar surface area (TPSA) is 22.1 Å². The minimum absolute atomic E-state index is 0.0671. The Balaban J connectivity index is 3.01. The molecule has 0 fully saturated rings. The highest BCUT2D eigenvalue weighted by atomic mass is 79.9. The largest absolute Gasteiger partial charge is 0.492 e. The first kappa shape index (κ1) is 3.05. The molecule has 0 N–H and O–H groups in total. The minimum atomic E-state index is -3.15. The van der Waals surface area contributed by atoms with Crippen molar-refractivity contribution in [3.63, 3.8) is 0 Å². The molecule has 1 aromatic rings. The fraction of sp³-hybridized carbons (Fsp3) is 0.375. The lowest BCUT2D eigenvalue weighted by atomic mass is 10.4. The van der Waals surface area contributed by atoms with E-state index >= 15 is 0 Å². The Morgan fingerprint density at radius 1 is 1.82 bits per heavy atom. The van der Waals surface area contributed by atoms with Gasteiger partial charge in [-0.25, -0.2) is 0 Å². The molecule has 1 aromatic heterocycles. The van der Waals surface area contributed by atoms with Crippen molar-refractivity contribution in [2.45, 2.75) is 13.2 Å². The molecule has 2 nitrogen and oxygen atoms in total. The van der Waals surface area contributed by atoms with E-state index < -0.39 is 19.8 Å². The van der Waals surface area contributed by atoms with Gasteiger partial charge in [-0.15, -0.1) is 0 Å². The van der Waals surface area contributed by atoms with Gasteiger partial charge < -0.3 is 4.74 Å². The maximum absolute atomic E-state index is 7.46. The number of hydrogen-bond donors (Lipinski definition) is 0. The number of nitrogens with zero attached hydrogens (tertiary/aromatic N) is 1. The third-order valence-corrected chi connectivity index (χ3v) is 1.33. The molecule has 0 atom stereocenters. The summed E-state index contributed by atoms with van der Waals surface area (Å²) in [6, 6.07) is 1.36. The van der Waals surface area contributed by atoms with Gasteiger partial charge in [-0.3, -0.25) is 4.98 Å². The van der Waals surface area contributed by atoms with Gasteiger partial charge in [0.1, 0.15) is 5.75 Å². The van der Waals surface area contributed by atoms with E-state index in [9.17, 15) is 0 Å². The van der Waals surface area contributed by atoms with E-state index in [1.54, 1.807) is 0 Å². The van der Waals surface area contributed by atoms with E-state index in [0.29, 0.717) is 4.47 Å². The zero-order valence-electron chi connectivity index (χ0n) is 12.5. The van der Waals surface area contributed by atoms with E-state index in [1.807, 2.05) is 0 Å². The van der Waals surface area contributed by atoms with Crippen LogP contribution in [0, 0.1) is 0 Å². The molecule has 0 aromatic carbocycles. The SMILES string of the molecule is [2H]C([2H])([2H])C([2H])([2H])C([2H])([2H])Oc1cncc(Br)c1. The van der Waals surface area contributed by atoms with Crippen LogP contribution in [0.25, 0.3) is 0 Å². The molecule has 0 aliphatic carbocycles. The third kappa shape index (κ3) is 2.89. The molecular formula is C8H10BrNO. The highest BCUT2D eigenvalue weighted by Crippen LogP contribution is 2.15. The fourth-order valence-corrected chi connectivity index (χ4v) is 0.876. The molecular weight excluding hydrogens is 206 g/mol. The van der Waals surface area contributed by atoms with Crippen LogP contribution in [0.2, 0.25) is 0 Å². The van der Waals surface area contributed by atoms with E-state index in [4.69, 9.17) is 14.3 Å². The monoisotopic (exact) mass is 222 g/mol. The Morgan fingerprint density at radius 3 is 3.45 bits per heavy atom. The lowest BCUT2D eigenvalue weighted by Gasteiger charge is -2.02. The van der Waals surface area contributed by atoms with Crippen LogP contribution in [-0.2, 0) is 0 Å². The third-order valence-electron chi connectivity index (χ3n) is 0.900. The molecule has 1 heterocycles. The van der Waals surface area contributed by atoms with Gasteiger partial charge in [0.2, 0.25) is 0 Å². The predicted molar refractivity (Wildman–Crippen MR) is 47.7 cm³/mol. The van der Waals surface area contributed by atoms with E-state index in [1.165, 1.54) is 12.3 Å².